The Balaban J connectivity index is 2.52. The minimum atomic E-state index is 1.04. The average Bonchev–Trinajstić information content (AvgIpc) is 2.65. The van der Waals surface area contributed by atoms with E-state index < -0.39 is 0 Å². The lowest BCUT2D eigenvalue weighted by Crippen LogP contribution is -2.12. The van der Waals surface area contributed by atoms with E-state index in [4.69, 9.17) is 0 Å². The Morgan fingerprint density at radius 2 is 2.12 bits per heavy atom. The predicted molar refractivity (Wildman–Crippen MR) is 70.0 cm³/mol. The van der Waals surface area contributed by atoms with E-state index in [0.29, 0.717) is 0 Å². The standard InChI is InChI=1S/C14H20N2/c1-4-16-12(8-9-15-3)10-13-11(2)6-5-7-14(13)16/h5-7,10,15H,4,8-9H2,1-3H3. The van der Waals surface area contributed by atoms with E-state index in [1.54, 1.807) is 0 Å². The van der Waals surface area contributed by atoms with Crippen molar-refractivity contribution in [3.63, 3.8) is 0 Å². The van der Waals surface area contributed by atoms with Gasteiger partial charge in [0.1, 0.15) is 0 Å². The highest BCUT2D eigenvalue weighted by molar-refractivity contribution is 5.84. The molecule has 2 rings (SSSR count). The van der Waals surface area contributed by atoms with Crippen molar-refractivity contribution in [1.29, 1.82) is 0 Å². The van der Waals surface area contributed by atoms with Crippen LogP contribution in [0.4, 0.5) is 0 Å². The third kappa shape index (κ3) is 1.85. The summed E-state index contributed by atoms with van der Waals surface area (Å²) in [6.45, 7) is 6.48. The Hall–Kier alpha value is -1.28. The molecule has 0 amide bonds. The summed E-state index contributed by atoms with van der Waals surface area (Å²) < 4.78 is 2.42. The van der Waals surface area contributed by atoms with Crippen molar-refractivity contribution >= 4 is 10.9 Å². The van der Waals surface area contributed by atoms with E-state index >= 15 is 0 Å². The van der Waals surface area contributed by atoms with Crippen LogP contribution in [0.25, 0.3) is 10.9 Å². The van der Waals surface area contributed by atoms with Crippen molar-refractivity contribution in [1.82, 2.24) is 9.88 Å². The molecule has 1 aromatic heterocycles. The van der Waals surface area contributed by atoms with Gasteiger partial charge in [-0.25, -0.2) is 0 Å². The summed E-state index contributed by atoms with van der Waals surface area (Å²) >= 11 is 0. The molecule has 0 aliphatic rings. The van der Waals surface area contributed by atoms with Crippen LogP contribution in [0.15, 0.2) is 24.3 Å². The van der Waals surface area contributed by atoms with Gasteiger partial charge in [0.05, 0.1) is 0 Å². The number of likely N-dealkylation sites (N-methyl/N-ethyl adjacent to an activating group) is 1. The van der Waals surface area contributed by atoms with Crippen LogP contribution in [0, 0.1) is 6.92 Å². The van der Waals surface area contributed by atoms with E-state index in [-0.39, 0.29) is 0 Å². The lowest BCUT2D eigenvalue weighted by atomic mass is 10.1. The van der Waals surface area contributed by atoms with E-state index in [1.807, 2.05) is 7.05 Å². The van der Waals surface area contributed by atoms with Gasteiger partial charge < -0.3 is 9.88 Å². The number of hydrogen-bond donors (Lipinski definition) is 1. The summed E-state index contributed by atoms with van der Waals surface area (Å²) in [6, 6.07) is 8.88. The molecule has 1 heterocycles. The molecular formula is C14H20N2. The van der Waals surface area contributed by atoms with Gasteiger partial charge in [0, 0.05) is 36.1 Å². The minimum Gasteiger partial charge on any atom is -0.345 e. The minimum absolute atomic E-state index is 1.04. The summed E-state index contributed by atoms with van der Waals surface area (Å²) in [7, 11) is 2.00. The molecule has 1 aromatic carbocycles. The highest BCUT2D eigenvalue weighted by atomic mass is 15.0. The molecule has 0 spiro atoms. The van der Waals surface area contributed by atoms with Gasteiger partial charge in [-0.1, -0.05) is 12.1 Å². The largest absolute Gasteiger partial charge is 0.345 e. The van der Waals surface area contributed by atoms with E-state index in [2.05, 4.69) is 48.0 Å². The Kier molecular flexibility index (Phi) is 3.30. The number of benzene rings is 1. The molecule has 0 saturated carbocycles. The van der Waals surface area contributed by atoms with Crippen molar-refractivity contribution in [2.24, 2.45) is 0 Å². The molecule has 0 fully saturated rings. The zero-order chi connectivity index (χ0) is 11.5. The fourth-order valence-corrected chi connectivity index (χ4v) is 2.32. The van der Waals surface area contributed by atoms with Crippen LogP contribution < -0.4 is 5.32 Å². The first-order chi connectivity index (χ1) is 7.77. The predicted octanol–water partition coefficient (Wildman–Crippen LogP) is 2.73. The quantitative estimate of drug-likeness (QED) is 0.831. The molecule has 1 N–H and O–H groups in total. The Bertz CT molecular complexity index is 483. The average molecular weight is 216 g/mol. The molecule has 0 saturated heterocycles. The van der Waals surface area contributed by atoms with Crippen molar-refractivity contribution in [3.8, 4) is 0 Å². The molecule has 2 nitrogen and oxygen atoms in total. The molecule has 0 radical (unpaired) electrons. The fraction of sp³-hybridized carbons (Fsp3) is 0.429. The van der Waals surface area contributed by atoms with Crippen LogP contribution in [0.3, 0.4) is 0 Å². The third-order valence-corrected chi connectivity index (χ3v) is 3.20. The first-order valence-electron chi connectivity index (χ1n) is 6.00. The zero-order valence-corrected chi connectivity index (χ0v) is 10.4. The molecule has 0 unspecified atom stereocenters. The van der Waals surface area contributed by atoms with Gasteiger partial charge in [-0.05, 0) is 38.6 Å². The Morgan fingerprint density at radius 1 is 1.31 bits per heavy atom. The lowest BCUT2D eigenvalue weighted by Gasteiger charge is -2.07. The molecule has 0 bridgehead atoms. The Labute approximate surface area is 97.3 Å². The zero-order valence-electron chi connectivity index (χ0n) is 10.4. The second kappa shape index (κ2) is 4.71. The summed E-state index contributed by atoms with van der Waals surface area (Å²) in [5, 5.41) is 4.61. The second-order valence-corrected chi connectivity index (χ2v) is 4.24. The third-order valence-electron chi connectivity index (χ3n) is 3.20. The maximum absolute atomic E-state index is 3.21. The number of nitrogens with zero attached hydrogens (tertiary/aromatic N) is 1. The molecule has 0 atom stereocenters. The maximum Gasteiger partial charge on any atom is 0.0485 e. The normalized spacial score (nSPS) is 11.2. The van der Waals surface area contributed by atoms with E-state index in [0.717, 1.165) is 19.5 Å². The van der Waals surface area contributed by atoms with Gasteiger partial charge in [-0.15, -0.1) is 0 Å². The van der Waals surface area contributed by atoms with Gasteiger partial charge in [0.2, 0.25) is 0 Å². The smallest absolute Gasteiger partial charge is 0.0485 e. The maximum atomic E-state index is 3.21. The molecule has 0 aliphatic carbocycles. The SMILES string of the molecule is CCn1c(CCNC)cc2c(C)cccc21. The lowest BCUT2D eigenvalue weighted by molar-refractivity contribution is 0.700. The van der Waals surface area contributed by atoms with Crippen molar-refractivity contribution < 1.29 is 0 Å². The first-order valence-corrected chi connectivity index (χ1v) is 6.00. The number of rotatable bonds is 4. The van der Waals surface area contributed by atoms with Crippen molar-refractivity contribution in [2.75, 3.05) is 13.6 Å². The van der Waals surface area contributed by atoms with Crippen LogP contribution in [-0.2, 0) is 13.0 Å². The highest BCUT2D eigenvalue weighted by Crippen LogP contribution is 2.23. The van der Waals surface area contributed by atoms with Crippen LogP contribution in [-0.4, -0.2) is 18.2 Å². The topological polar surface area (TPSA) is 17.0 Å². The van der Waals surface area contributed by atoms with Crippen molar-refractivity contribution in [2.45, 2.75) is 26.8 Å². The monoisotopic (exact) mass is 216 g/mol. The second-order valence-electron chi connectivity index (χ2n) is 4.24. The van der Waals surface area contributed by atoms with E-state index in [9.17, 15) is 0 Å². The van der Waals surface area contributed by atoms with Crippen LogP contribution in [0.2, 0.25) is 0 Å². The number of hydrogen-bond acceptors (Lipinski definition) is 1. The highest BCUT2D eigenvalue weighted by Gasteiger charge is 2.07. The van der Waals surface area contributed by atoms with Gasteiger partial charge >= 0.3 is 0 Å². The van der Waals surface area contributed by atoms with Gasteiger partial charge in [0.25, 0.3) is 0 Å². The van der Waals surface area contributed by atoms with Crippen LogP contribution in [0.1, 0.15) is 18.2 Å². The van der Waals surface area contributed by atoms with Gasteiger partial charge in [-0.3, -0.25) is 0 Å². The molecule has 16 heavy (non-hydrogen) atoms. The van der Waals surface area contributed by atoms with Gasteiger partial charge in [-0.2, -0.15) is 0 Å². The number of aromatic nitrogens is 1. The van der Waals surface area contributed by atoms with Crippen molar-refractivity contribution in [3.05, 3.63) is 35.5 Å². The molecule has 0 aliphatic heterocycles. The molecule has 2 heteroatoms. The first kappa shape index (κ1) is 11.2. The summed E-state index contributed by atoms with van der Waals surface area (Å²) in [4.78, 5) is 0. The van der Waals surface area contributed by atoms with E-state index in [1.165, 1.54) is 22.2 Å². The van der Waals surface area contributed by atoms with Crippen LogP contribution >= 0.6 is 0 Å². The summed E-state index contributed by atoms with van der Waals surface area (Å²) in [5.74, 6) is 0. The number of aryl methyl sites for hydroxylation is 2. The Morgan fingerprint density at radius 3 is 2.81 bits per heavy atom. The fourth-order valence-electron chi connectivity index (χ4n) is 2.32. The summed E-state index contributed by atoms with van der Waals surface area (Å²) in [6.07, 6.45) is 1.10. The summed E-state index contributed by atoms with van der Waals surface area (Å²) in [5.41, 5.74) is 4.17. The number of fused-ring (bicyclic) bond motifs is 1. The molecule has 2 aromatic rings. The molecular weight excluding hydrogens is 196 g/mol. The van der Waals surface area contributed by atoms with Gasteiger partial charge in [0.15, 0.2) is 0 Å². The number of nitrogens with one attached hydrogen (secondary N) is 1. The molecule has 86 valence electrons. The van der Waals surface area contributed by atoms with Crippen LogP contribution in [0.5, 0.6) is 0 Å².